The zero-order chi connectivity index (χ0) is 11.9. The standard InChI is InChI=1S/C13H19N3O/c1-2-17-13-5-3-4-12(16-13)15-10-11-6-8-14-9-7-11/h3-6,14H,2,7-10H2,1H3,(H,15,16). The molecule has 1 aromatic heterocycles. The first-order chi connectivity index (χ1) is 8.38. The highest BCUT2D eigenvalue weighted by Gasteiger charge is 2.03. The van der Waals surface area contributed by atoms with Crippen LogP contribution in [0, 0.1) is 0 Å². The highest BCUT2D eigenvalue weighted by atomic mass is 16.5. The van der Waals surface area contributed by atoms with Gasteiger partial charge in [0.25, 0.3) is 0 Å². The second-order valence-corrected chi connectivity index (χ2v) is 3.96. The molecule has 0 unspecified atom stereocenters. The van der Waals surface area contributed by atoms with E-state index in [1.807, 2.05) is 25.1 Å². The Morgan fingerprint density at radius 3 is 3.18 bits per heavy atom. The Hall–Kier alpha value is -1.55. The summed E-state index contributed by atoms with van der Waals surface area (Å²) in [6.07, 6.45) is 3.35. The van der Waals surface area contributed by atoms with E-state index < -0.39 is 0 Å². The monoisotopic (exact) mass is 233 g/mol. The van der Waals surface area contributed by atoms with E-state index in [9.17, 15) is 0 Å². The Balaban J connectivity index is 1.89. The molecule has 0 aromatic carbocycles. The minimum atomic E-state index is 0.646. The van der Waals surface area contributed by atoms with Crippen molar-refractivity contribution in [2.75, 3.05) is 31.6 Å². The molecule has 92 valence electrons. The van der Waals surface area contributed by atoms with E-state index in [0.717, 1.165) is 31.9 Å². The summed E-state index contributed by atoms with van der Waals surface area (Å²) in [5.41, 5.74) is 1.44. The lowest BCUT2D eigenvalue weighted by Crippen LogP contribution is -2.23. The largest absolute Gasteiger partial charge is 0.478 e. The van der Waals surface area contributed by atoms with E-state index in [4.69, 9.17) is 4.74 Å². The topological polar surface area (TPSA) is 46.2 Å². The van der Waals surface area contributed by atoms with Gasteiger partial charge in [-0.2, -0.15) is 4.98 Å². The van der Waals surface area contributed by atoms with E-state index in [-0.39, 0.29) is 0 Å². The Kier molecular flexibility index (Phi) is 4.38. The second kappa shape index (κ2) is 6.25. The molecule has 0 radical (unpaired) electrons. The third-order valence-electron chi connectivity index (χ3n) is 2.67. The van der Waals surface area contributed by atoms with Crippen LogP contribution in [-0.4, -0.2) is 31.2 Å². The van der Waals surface area contributed by atoms with Crippen molar-refractivity contribution in [2.24, 2.45) is 0 Å². The number of aromatic nitrogens is 1. The number of nitrogens with zero attached hydrogens (tertiary/aromatic N) is 1. The molecule has 0 atom stereocenters. The van der Waals surface area contributed by atoms with Crippen LogP contribution in [0.4, 0.5) is 5.82 Å². The van der Waals surface area contributed by atoms with Crippen LogP contribution in [0.1, 0.15) is 13.3 Å². The smallest absolute Gasteiger partial charge is 0.215 e. The molecule has 0 spiro atoms. The van der Waals surface area contributed by atoms with E-state index in [0.29, 0.717) is 12.5 Å². The van der Waals surface area contributed by atoms with Gasteiger partial charge in [0.05, 0.1) is 6.61 Å². The molecule has 1 aliphatic heterocycles. The van der Waals surface area contributed by atoms with E-state index in [1.54, 1.807) is 0 Å². The lowest BCUT2D eigenvalue weighted by molar-refractivity contribution is 0.327. The second-order valence-electron chi connectivity index (χ2n) is 3.96. The molecular weight excluding hydrogens is 214 g/mol. The van der Waals surface area contributed by atoms with Gasteiger partial charge in [-0.05, 0) is 26.0 Å². The average Bonchev–Trinajstić information content (AvgIpc) is 2.39. The van der Waals surface area contributed by atoms with Crippen LogP contribution < -0.4 is 15.4 Å². The van der Waals surface area contributed by atoms with Crippen molar-refractivity contribution in [1.29, 1.82) is 0 Å². The normalized spacial score (nSPS) is 15.2. The molecule has 2 N–H and O–H groups in total. The molecular formula is C13H19N3O. The third kappa shape index (κ3) is 3.75. The number of pyridine rings is 1. The Bertz CT molecular complexity index is 390. The highest BCUT2D eigenvalue weighted by molar-refractivity contribution is 5.38. The van der Waals surface area contributed by atoms with Gasteiger partial charge in [-0.1, -0.05) is 17.7 Å². The minimum absolute atomic E-state index is 0.646. The fourth-order valence-corrected chi connectivity index (χ4v) is 1.78. The van der Waals surface area contributed by atoms with Crippen LogP contribution >= 0.6 is 0 Å². The van der Waals surface area contributed by atoms with E-state index in [1.165, 1.54) is 5.57 Å². The molecule has 0 fully saturated rings. The highest BCUT2D eigenvalue weighted by Crippen LogP contribution is 2.12. The lowest BCUT2D eigenvalue weighted by Gasteiger charge is -2.15. The first-order valence-corrected chi connectivity index (χ1v) is 6.11. The Morgan fingerprint density at radius 1 is 1.47 bits per heavy atom. The molecule has 0 saturated carbocycles. The molecule has 0 aliphatic carbocycles. The maximum absolute atomic E-state index is 5.36. The van der Waals surface area contributed by atoms with Crippen LogP contribution in [0.2, 0.25) is 0 Å². The van der Waals surface area contributed by atoms with Gasteiger partial charge in [-0.3, -0.25) is 0 Å². The fourth-order valence-electron chi connectivity index (χ4n) is 1.78. The van der Waals surface area contributed by atoms with Crippen LogP contribution in [0.15, 0.2) is 29.8 Å². The van der Waals surface area contributed by atoms with Gasteiger partial charge in [0, 0.05) is 19.2 Å². The van der Waals surface area contributed by atoms with Gasteiger partial charge in [0.1, 0.15) is 5.82 Å². The summed E-state index contributed by atoms with van der Waals surface area (Å²) in [6, 6.07) is 5.79. The molecule has 4 nitrogen and oxygen atoms in total. The van der Waals surface area contributed by atoms with E-state index >= 15 is 0 Å². The van der Waals surface area contributed by atoms with Gasteiger partial charge in [0.2, 0.25) is 5.88 Å². The lowest BCUT2D eigenvalue weighted by atomic mass is 10.1. The molecule has 0 saturated heterocycles. The molecule has 2 rings (SSSR count). The zero-order valence-corrected chi connectivity index (χ0v) is 10.2. The summed E-state index contributed by atoms with van der Waals surface area (Å²) in [4.78, 5) is 4.37. The maximum atomic E-state index is 5.36. The molecule has 4 heteroatoms. The SMILES string of the molecule is CCOc1cccc(NCC2=CCNCC2)n1. The Morgan fingerprint density at radius 2 is 2.41 bits per heavy atom. The Labute approximate surface area is 102 Å². The predicted molar refractivity (Wildman–Crippen MR) is 69.5 cm³/mol. The summed E-state index contributed by atoms with van der Waals surface area (Å²) in [7, 11) is 0. The third-order valence-corrected chi connectivity index (χ3v) is 2.67. The quantitative estimate of drug-likeness (QED) is 0.761. The molecule has 1 aromatic rings. The number of hydrogen-bond donors (Lipinski definition) is 2. The van der Waals surface area contributed by atoms with Crippen molar-refractivity contribution in [1.82, 2.24) is 10.3 Å². The minimum Gasteiger partial charge on any atom is -0.478 e. The van der Waals surface area contributed by atoms with Gasteiger partial charge < -0.3 is 15.4 Å². The average molecular weight is 233 g/mol. The van der Waals surface area contributed by atoms with Gasteiger partial charge in [-0.25, -0.2) is 0 Å². The molecule has 2 heterocycles. The molecule has 0 amide bonds. The van der Waals surface area contributed by atoms with Gasteiger partial charge in [0.15, 0.2) is 0 Å². The van der Waals surface area contributed by atoms with Crippen molar-refractivity contribution >= 4 is 5.82 Å². The van der Waals surface area contributed by atoms with Crippen molar-refractivity contribution < 1.29 is 4.74 Å². The summed E-state index contributed by atoms with van der Waals surface area (Å²) in [5.74, 6) is 1.55. The summed E-state index contributed by atoms with van der Waals surface area (Å²) in [5, 5.41) is 6.62. The molecule has 0 bridgehead atoms. The van der Waals surface area contributed by atoms with Crippen molar-refractivity contribution in [3.8, 4) is 5.88 Å². The number of hydrogen-bond acceptors (Lipinski definition) is 4. The van der Waals surface area contributed by atoms with Crippen molar-refractivity contribution in [3.05, 3.63) is 29.8 Å². The van der Waals surface area contributed by atoms with Crippen molar-refractivity contribution in [3.63, 3.8) is 0 Å². The van der Waals surface area contributed by atoms with Gasteiger partial charge in [-0.15, -0.1) is 0 Å². The predicted octanol–water partition coefficient (Wildman–Crippen LogP) is 1.81. The number of rotatable bonds is 5. The maximum Gasteiger partial charge on any atom is 0.215 e. The zero-order valence-electron chi connectivity index (χ0n) is 10.2. The first kappa shape index (κ1) is 11.9. The molecule has 17 heavy (non-hydrogen) atoms. The summed E-state index contributed by atoms with van der Waals surface area (Å²) >= 11 is 0. The first-order valence-electron chi connectivity index (χ1n) is 6.11. The van der Waals surface area contributed by atoms with Gasteiger partial charge >= 0.3 is 0 Å². The summed E-state index contributed by atoms with van der Waals surface area (Å²) in [6.45, 7) is 5.52. The number of ether oxygens (including phenoxy) is 1. The number of nitrogens with one attached hydrogen (secondary N) is 2. The van der Waals surface area contributed by atoms with E-state index in [2.05, 4.69) is 21.7 Å². The van der Waals surface area contributed by atoms with Crippen molar-refractivity contribution in [2.45, 2.75) is 13.3 Å². The fraction of sp³-hybridized carbons (Fsp3) is 0.462. The van der Waals surface area contributed by atoms with Crippen LogP contribution in [-0.2, 0) is 0 Å². The summed E-state index contributed by atoms with van der Waals surface area (Å²) < 4.78 is 5.36. The molecule has 1 aliphatic rings. The van der Waals surface area contributed by atoms with Crippen LogP contribution in [0.5, 0.6) is 5.88 Å². The number of anilines is 1. The van der Waals surface area contributed by atoms with Crippen LogP contribution in [0.3, 0.4) is 0 Å². The van der Waals surface area contributed by atoms with Crippen LogP contribution in [0.25, 0.3) is 0 Å².